The molecule has 0 aliphatic heterocycles. The number of primary amides is 1. The van der Waals surface area contributed by atoms with E-state index in [9.17, 15) is 13.2 Å². The number of benzene rings is 1. The highest BCUT2D eigenvalue weighted by atomic mass is 32.2. The summed E-state index contributed by atoms with van der Waals surface area (Å²) in [7, 11) is -3.73. The molecule has 1 fully saturated rings. The third-order valence-electron chi connectivity index (χ3n) is 4.76. The quantitative estimate of drug-likeness (QED) is 0.581. The lowest BCUT2D eigenvalue weighted by Crippen LogP contribution is -2.24. The Morgan fingerprint density at radius 2 is 1.79 bits per heavy atom. The summed E-state index contributed by atoms with van der Waals surface area (Å²) in [6.45, 7) is 0. The molecule has 0 unspecified atom stereocenters. The van der Waals surface area contributed by atoms with Gasteiger partial charge in [-0.25, -0.2) is 28.2 Å². The van der Waals surface area contributed by atoms with Crippen molar-refractivity contribution in [3.63, 3.8) is 0 Å². The van der Waals surface area contributed by atoms with Crippen LogP contribution < -0.4 is 16.8 Å². The Labute approximate surface area is 167 Å². The molecule has 0 radical (unpaired) electrons. The fourth-order valence-electron chi connectivity index (χ4n) is 3.16. The minimum Gasteiger partial charge on any atom is -0.384 e. The predicted octanol–water partition coefficient (Wildman–Crippen LogP) is 2.07. The van der Waals surface area contributed by atoms with Crippen molar-refractivity contribution in [3.8, 4) is 11.4 Å². The molecule has 2 amide bonds. The number of nitrogens with zero attached hydrogens (tertiary/aromatic N) is 3. The van der Waals surface area contributed by atoms with Crippen molar-refractivity contribution in [1.29, 1.82) is 0 Å². The molecule has 1 aliphatic rings. The first-order valence-electron chi connectivity index (χ1n) is 8.79. The molecule has 2 heterocycles. The maximum Gasteiger partial charge on any atom is 0.316 e. The lowest BCUT2D eigenvalue weighted by atomic mass is 10.1. The van der Waals surface area contributed by atoms with Gasteiger partial charge in [0, 0.05) is 23.5 Å². The summed E-state index contributed by atoms with van der Waals surface area (Å²) in [6.07, 6.45) is 2.32. The zero-order chi connectivity index (χ0) is 20.6. The van der Waals surface area contributed by atoms with Gasteiger partial charge in [-0.3, -0.25) is 0 Å². The van der Waals surface area contributed by atoms with E-state index in [1.54, 1.807) is 36.4 Å². The average Bonchev–Trinajstić information content (AvgIpc) is 3.51. The Morgan fingerprint density at radius 1 is 1.07 bits per heavy atom. The largest absolute Gasteiger partial charge is 0.384 e. The molecule has 148 valence electrons. The van der Waals surface area contributed by atoms with Gasteiger partial charge in [0.05, 0.1) is 5.69 Å². The van der Waals surface area contributed by atoms with Crippen LogP contribution in [0.4, 0.5) is 16.3 Å². The molecule has 5 N–H and O–H groups in total. The number of amides is 2. The molecule has 1 aromatic carbocycles. The number of urea groups is 1. The Bertz CT molecular complexity index is 1180. The Morgan fingerprint density at radius 3 is 2.38 bits per heavy atom. The first-order chi connectivity index (χ1) is 13.8. The molecule has 0 spiro atoms. The predicted molar refractivity (Wildman–Crippen MR) is 107 cm³/mol. The number of carbonyl (C=O) groups excluding carboxylic acids is 1. The van der Waals surface area contributed by atoms with Gasteiger partial charge in [-0.15, -0.1) is 0 Å². The second kappa shape index (κ2) is 6.82. The average molecular weight is 410 g/mol. The molecule has 29 heavy (non-hydrogen) atoms. The summed E-state index contributed by atoms with van der Waals surface area (Å²) in [5.41, 5.74) is 12.6. The second-order valence-corrected chi connectivity index (χ2v) is 8.94. The van der Waals surface area contributed by atoms with Gasteiger partial charge in [-0.1, -0.05) is 6.07 Å². The van der Waals surface area contributed by atoms with Crippen molar-refractivity contribution >= 4 is 27.4 Å². The molecule has 3 aromatic rings. The Balaban J connectivity index is 1.73. The van der Waals surface area contributed by atoms with Crippen molar-refractivity contribution in [1.82, 2.24) is 15.0 Å². The molecular formula is C19H18N6O3S. The number of nitrogens with one attached hydrogen (secondary N) is 1. The van der Waals surface area contributed by atoms with Crippen molar-refractivity contribution < 1.29 is 13.2 Å². The summed E-state index contributed by atoms with van der Waals surface area (Å²) in [5, 5.41) is 2.48. The van der Waals surface area contributed by atoms with E-state index in [2.05, 4.69) is 20.3 Å². The molecule has 0 bridgehead atoms. The van der Waals surface area contributed by atoms with E-state index in [4.69, 9.17) is 11.5 Å². The van der Waals surface area contributed by atoms with E-state index >= 15 is 0 Å². The highest BCUT2D eigenvalue weighted by Crippen LogP contribution is 2.54. The first kappa shape index (κ1) is 18.8. The zero-order valence-corrected chi connectivity index (χ0v) is 16.1. The topological polar surface area (TPSA) is 154 Å². The zero-order valence-electron chi connectivity index (χ0n) is 15.2. The number of hydrogen-bond donors (Lipinski definition) is 3. The lowest BCUT2D eigenvalue weighted by Gasteiger charge is -2.16. The van der Waals surface area contributed by atoms with Crippen LogP contribution in [-0.2, 0) is 14.6 Å². The van der Waals surface area contributed by atoms with Crippen LogP contribution in [0, 0.1) is 0 Å². The normalized spacial score (nSPS) is 14.9. The summed E-state index contributed by atoms with van der Waals surface area (Å²) in [4.78, 5) is 23.7. The van der Waals surface area contributed by atoms with Crippen molar-refractivity contribution in [2.24, 2.45) is 5.73 Å². The van der Waals surface area contributed by atoms with Crippen LogP contribution in [0.3, 0.4) is 0 Å². The van der Waals surface area contributed by atoms with E-state index < -0.39 is 20.6 Å². The van der Waals surface area contributed by atoms with Crippen LogP contribution in [0.2, 0.25) is 0 Å². The van der Waals surface area contributed by atoms with Gasteiger partial charge in [0.2, 0.25) is 9.84 Å². The first-order valence-corrected chi connectivity index (χ1v) is 10.3. The number of pyridine rings is 1. The lowest BCUT2D eigenvalue weighted by molar-refractivity contribution is 0.259. The minimum atomic E-state index is -3.73. The van der Waals surface area contributed by atoms with Crippen molar-refractivity contribution in [2.75, 3.05) is 11.1 Å². The molecule has 1 aliphatic carbocycles. The second-order valence-electron chi connectivity index (χ2n) is 6.73. The van der Waals surface area contributed by atoms with Gasteiger partial charge < -0.3 is 16.8 Å². The molecule has 4 rings (SSSR count). The SMILES string of the molecule is NC(=O)Nc1ccc(-c2nc(N)cc(C3(S(=O)(=O)c4ccccn4)CC3)n2)cc1. The van der Waals surface area contributed by atoms with Crippen LogP contribution in [0.15, 0.2) is 59.8 Å². The highest BCUT2D eigenvalue weighted by Gasteiger charge is 2.58. The number of nitrogen functional groups attached to an aromatic ring is 1. The van der Waals surface area contributed by atoms with Crippen LogP contribution in [0.1, 0.15) is 18.5 Å². The van der Waals surface area contributed by atoms with Gasteiger partial charge in [0.1, 0.15) is 10.6 Å². The van der Waals surface area contributed by atoms with Gasteiger partial charge >= 0.3 is 6.03 Å². The maximum absolute atomic E-state index is 13.2. The van der Waals surface area contributed by atoms with Gasteiger partial charge in [-0.05, 0) is 49.2 Å². The van der Waals surface area contributed by atoms with Crippen molar-refractivity contribution in [3.05, 3.63) is 60.4 Å². The third-order valence-corrected chi connectivity index (χ3v) is 7.19. The summed E-state index contributed by atoms with van der Waals surface area (Å²) >= 11 is 0. The third kappa shape index (κ3) is 3.38. The molecule has 10 heteroatoms. The number of rotatable bonds is 5. The summed E-state index contributed by atoms with van der Waals surface area (Å²) < 4.78 is 25.3. The molecule has 0 saturated heterocycles. The molecule has 0 atom stereocenters. The van der Waals surface area contributed by atoms with Crippen LogP contribution in [-0.4, -0.2) is 29.4 Å². The Kier molecular flexibility index (Phi) is 4.42. The number of aromatic nitrogens is 3. The molecular weight excluding hydrogens is 392 g/mol. The van der Waals surface area contributed by atoms with Crippen LogP contribution >= 0.6 is 0 Å². The van der Waals surface area contributed by atoms with Gasteiger partial charge in [-0.2, -0.15) is 0 Å². The van der Waals surface area contributed by atoms with Crippen LogP contribution in [0.25, 0.3) is 11.4 Å². The highest BCUT2D eigenvalue weighted by molar-refractivity contribution is 7.92. The summed E-state index contributed by atoms with van der Waals surface area (Å²) in [6, 6.07) is 12.3. The Hall–Kier alpha value is -3.53. The maximum atomic E-state index is 13.2. The number of sulfone groups is 1. The number of carbonyl (C=O) groups is 1. The number of nitrogens with two attached hydrogens (primary N) is 2. The minimum absolute atomic E-state index is 0.0121. The fraction of sp³-hybridized carbons (Fsp3) is 0.158. The van der Waals surface area contributed by atoms with Crippen molar-refractivity contribution in [2.45, 2.75) is 22.6 Å². The van der Waals surface area contributed by atoms with E-state index in [0.717, 1.165) is 0 Å². The fourth-order valence-corrected chi connectivity index (χ4v) is 5.03. The molecule has 1 saturated carbocycles. The standard InChI is InChI=1S/C19H18N6O3S/c20-15-11-14(19(8-9-19)29(27,28)16-3-1-2-10-22-16)24-17(25-15)12-4-6-13(7-5-12)23-18(21)26/h1-7,10-11H,8-9H2,(H2,20,24,25)(H3,21,23,26). The summed E-state index contributed by atoms with van der Waals surface area (Å²) in [5.74, 6) is 0.472. The number of hydrogen-bond acceptors (Lipinski definition) is 7. The molecule has 9 nitrogen and oxygen atoms in total. The molecule has 2 aromatic heterocycles. The van der Waals surface area contributed by atoms with Gasteiger partial charge in [0.25, 0.3) is 0 Å². The van der Waals surface area contributed by atoms with E-state index in [-0.39, 0.29) is 10.8 Å². The monoisotopic (exact) mass is 410 g/mol. The van der Waals surface area contributed by atoms with E-state index in [0.29, 0.717) is 35.6 Å². The van der Waals surface area contributed by atoms with E-state index in [1.165, 1.54) is 18.3 Å². The van der Waals surface area contributed by atoms with E-state index in [1.807, 2.05) is 0 Å². The number of anilines is 2. The van der Waals surface area contributed by atoms with Crippen LogP contribution in [0.5, 0.6) is 0 Å². The van der Waals surface area contributed by atoms with Gasteiger partial charge in [0.15, 0.2) is 10.9 Å². The smallest absolute Gasteiger partial charge is 0.316 e.